The number of thiocarbonyl (C=S) groups is 1. The Bertz CT molecular complexity index is 528. The lowest BCUT2D eigenvalue weighted by Crippen LogP contribution is -2.16. The van der Waals surface area contributed by atoms with Gasteiger partial charge < -0.3 is 0 Å². The van der Waals surface area contributed by atoms with Crippen LogP contribution in [0.5, 0.6) is 0 Å². The van der Waals surface area contributed by atoms with E-state index in [-0.39, 0.29) is 0 Å². The molecule has 5 nitrogen and oxygen atoms in total. The van der Waals surface area contributed by atoms with Gasteiger partial charge >= 0.3 is 0 Å². The zero-order valence-corrected chi connectivity index (χ0v) is 7.69. The van der Waals surface area contributed by atoms with Crippen LogP contribution in [-0.2, 0) is 0 Å². The van der Waals surface area contributed by atoms with Crippen molar-refractivity contribution in [3.63, 3.8) is 0 Å². The first-order valence-corrected chi connectivity index (χ1v) is 4.32. The third-order valence-corrected chi connectivity index (χ3v) is 2.35. The highest BCUT2D eigenvalue weighted by atomic mass is 32.1. The van der Waals surface area contributed by atoms with Gasteiger partial charge in [-0.1, -0.05) is 12.2 Å². The Labute approximate surface area is 84.3 Å². The van der Waals surface area contributed by atoms with Crippen molar-refractivity contribution in [3.05, 3.63) is 35.6 Å². The number of rotatable bonds is 0. The minimum absolute atomic E-state index is 0.676. The van der Waals surface area contributed by atoms with E-state index in [2.05, 4.69) is 25.4 Å². The Morgan fingerprint density at radius 1 is 1.29 bits per heavy atom. The van der Waals surface area contributed by atoms with Gasteiger partial charge in [0.2, 0.25) is 0 Å². The van der Waals surface area contributed by atoms with Crippen molar-refractivity contribution in [2.45, 2.75) is 0 Å². The minimum Gasteiger partial charge on any atom is -0.244 e. The second kappa shape index (κ2) is 2.58. The van der Waals surface area contributed by atoms with Crippen molar-refractivity contribution in [3.8, 4) is 0 Å². The molecule has 0 amide bonds. The van der Waals surface area contributed by atoms with E-state index >= 15 is 0 Å². The number of allylic oxidation sites excluding steroid dienone is 2. The summed E-state index contributed by atoms with van der Waals surface area (Å²) in [5.41, 5.74) is 2.89. The number of nitrogens with zero attached hydrogens (tertiary/aromatic N) is 5. The summed E-state index contributed by atoms with van der Waals surface area (Å²) in [6.45, 7) is 0. The second-order valence-electron chi connectivity index (χ2n) is 2.82. The lowest BCUT2D eigenvalue weighted by atomic mass is 10.00. The fraction of sp³-hybridized carbons (Fsp3) is 0. The smallest absolute Gasteiger partial charge is 0.141 e. The van der Waals surface area contributed by atoms with E-state index < -0.39 is 0 Å². The maximum atomic E-state index is 5.17. The first-order chi connectivity index (χ1) is 6.86. The number of aromatic nitrogens is 2. The summed E-state index contributed by atoms with van der Waals surface area (Å²) in [4.78, 5) is 8.72. The van der Waals surface area contributed by atoms with Gasteiger partial charge in [-0.25, -0.2) is 9.97 Å². The quantitative estimate of drug-likeness (QED) is 0.593. The molecule has 0 atom stereocenters. The highest BCUT2D eigenvalue weighted by molar-refractivity contribution is 7.81. The molecule has 1 aliphatic carbocycles. The highest BCUT2D eigenvalue weighted by Gasteiger charge is 2.25. The van der Waals surface area contributed by atoms with Gasteiger partial charge in [0.05, 0.1) is 4.86 Å². The third kappa shape index (κ3) is 0.882. The molecule has 0 N–H and O–H groups in total. The second-order valence-corrected chi connectivity index (χ2v) is 3.26. The lowest BCUT2D eigenvalue weighted by Gasteiger charge is -2.10. The Kier molecular flexibility index (Phi) is 1.40. The van der Waals surface area contributed by atoms with Crippen molar-refractivity contribution in [1.29, 1.82) is 0 Å². The first kappa shape index (κ1) is 7.57. The van der Waals surface area contributed by atoms with Crippen LogP contribution < -0.4 is 0 Å². The van der Waals surface area contributed by atoms with Crippen LogP contribution in [0.1, 0.15) is 11.3 Å². The zero-order chi connectivity index (χ0) is 9.54. The molecule has 0 saturated heterocycles. The predicted octanol–water partition coefficient (Wildman–Crippen LogP) is 1.26. The monoisotopic (exact) mass is 201 g/mol. The van der Waals surface area contributed by atoms with Crippen molar-refractivity contribution in [2.75, 3.05) is 0 Å². The Balaban J connectivity index is 2.33. The molecule has 0 spiro atoms. The van der Waals surface area contributed by atoms with E-state index in [0.717, 1.165) is 5.56 Å². The van der Waals surface area contributed by atoms with Crippen LogP contribution in [0.2, 0.25) is 0 Å². The molecule has 14 heavy (non-hydrogen) atoms. The maximum Gasteiger partial charge on any atom is 0.141 e. The summed E-state index contributed by atoms with van der Waals surface area (Å²) in [6, 6.07) is 0. The molecule has 1 aromatic rings. The van der Waals surface area contributed by atoms with Gasteiger partial charge in [0, 0.05) is 11.8 Å². The van der Waals surface area contributed by atoms with Crippen molar-refractivity contribution >= 4 is 22.8 Å². The van der Waals surface area contributed by atoms with Crippen molar-refractivity contribution < 1.29 is 0 Å². The SMILES string of the molecule is S=C1C=C2N=NN=C2c2ncncc21. The van der Waals surface area contributed by atoms with E-state index in [1.807, 2.05) is 0 Å². The molecule has 6 heteroatoms. The molecule has 66 valence electrons. The minimum atomic E-state index is 0.676. The molecule has 3 rings (SSSR count). The molecule has 0 aromatic carbocycles. The maximum absolute atomic E-state index is 5.17. The molecule has 0 radical (unpaired) electrons. The molecule has 0 saturated carbocycles. The molecule has 1 aliphatic heterocycles. The summed E-state index contributed by atoms with van der Waals surface area (Å²) < 4.78 is 0. The van der Waals surface area contributed by atoms with E-state index in [1.165, 1.54) is 6.33 Å². The summed E-state index contributed by atoms with van der Waals surface area (Å²) in [6.07, 6.45) is 4.90. The largest absolute Gasteiger partial charge is 0.244 e. The van der Waals surface area contributed by atoms with Gasteiger partial charge in [-0.15, -0.1) is 10.2 Å². The number of hydrogen-bond acceptors (Lipinski definition) is 6. The fourth-order valence-electron chi connectivity index (χ4n) is 1.38. The standard InChI is InChI=1S/C8H3N5S/c14-6-1-5-8(12-13-11-5)7-4(6)2-9-3-10-7/h1-3H. The average Bonchev–Trinajstić information content (AvgIpc) is 2.66. The predicted molar refractivity (Wildman–Crippen MR) is 53.2 cm³/mol. The molecule has 2 heterocycles. The van der Waals surface area contributed by atoms with Gasteiger partial charge in [0.1, 0.15) is 23.4 Å². The van der Waals surface area contributed by atoms with Crippen LogP contribution in [0.25, 0.3) is 0 Å². The van der Waals surface area contributed by atoms with Crippen LogP contribution in [-0.4, -0.2) is 20.5 Å². The normalized spacial score (nSPS) is 17.3. The Hall–Kier alpha value is -1.82. The van der Waals surface area contributed by atoms with Gasteiger partial charge in [0.25, 0.3) is 0 Å². The summed E-state index contributed by atoms with van der Waals surface area (Å²) >= 11 is 5.17. The number of fused-ring (bicyclic) bond motifs is 3. The van der Waals surface area contributed by atoms with E-state index in [9.17, 15) is 0 Å². The highest BCUT2D eigenvalue weighted by Crippen LogP contribution is 2.24. The lowest BCUT2D eigenvalue weighted by molar-refractivity contribution is 1.09. The van der Waals surface area contributed by atoms with E-state index in [4.69, 9.17) is 12.2 Å². The Morgan fingerprint density at radius 2 is 2.21 bits per heavy atom. The average molecular weight is 201 g/mol. The van der Waals surface area contributed by atoms with Gasteiger partial charge in [0.15, 0.2) is 0 Å². The third-order valence-electron chi connectivity index (χ3n) is 2.01. The molecule has 0 fully saturated rings. The van der Waals surface area contributed by atoms with Crippen LogP contribution >= 0.6 is 12.2 Å². The van der Waals surface area contributed by atoms with Crippen LogP contribution in [0.3, 0.4) is 0 Å². The molecule has 0 unspecified atom stereocenters. The molecular formula is C8H3N5S. The van der Waals surface area contributed by atoms with Crippen molar-refractivity contribution in [1.82, 2.24) is 9.97 Å². The summed E-state index contributed by atoms with van der Waals surface area (Å²) in [5, 5.41) is 11.3. The Morgan fingerprint density at radius 3 is 3.14 bits per heavy atom. The summed E-state index contributed by atoms with van der Waals surface area (Å²) in [7, 11) is 0. The van der Waals surface area contributed by atoms with Gasteiger partial charge in [-0.2, -0.15) is 0 Å². The van der Waals surface area contributed by atoms with Crippen LogP contribution in [0.4, 0.5) is 0 Å². The molecular weight excluding hydrogens is 198 g/mol. The van der Waals surface area contributed by atoms with Crippen LogP contribution in [0.15, 0.2) is 39.7 Å². The van der Waals surface area contributed by atoms with E-state index in [0.29, 0.717) is 22.0 Å². The summed E-state index contributed by atoms with van der Waals surface area (Å²) in [5.74, 6) is 0. The molecule has 2 aliphatic rings. The van der Waals surface area contributed by atoms with Gasteiger partial charge in [-0.3, -0.25) is 0 Å². The van der Waals surface area contributed by atoms with Gasteiger partial charge in [-0.05, 0) is 11.3 Å². The van der Waals surface area contributed by atoms with E-state index in [1.54, 1.807) is 12.3 Å². The topological polar surface area (TPSA) is 62.9 Å². The van der Waals surface area contributed by atoms with Crippen LogP contribution in [0, 0.1) is 0 Å². The number of hydrogen-bond donors (Lipinski definition) is 0. The molecule has 1 aromatic heterocycles. The fourth-order valence-corrected chi connectivity index (χ4v) is 1.64. The first-order valence-electron chi connectivity index (χ1n) is 3.92. The van der Waals surface area contributed by atoms with Crippen molar-refractivity contribution in [2.24, 2.45) is 15.4 Å². The zero-order valence-electron chi connectivity index (χ0n) is 6.88. The molecule has 0 bridgehead atoms.